The normalized spacial score (nSPS) is 11.9. The summed E-state index contributed by atoms with van der Waals surface area (Å²) < 4.78 is 5.49. The van der Waals surface area contributed by atoms with Gasteiger partial charge in [0.2, 0.25) is 0 Å². The first-order valence-corrected chi connectivity index (χ1v) is 8.59. The molecule has 1 heterocycles. The largest absolute Gasteiger partial charge is 0.494 e. The van der Waals surface area contributed by atoms with Crippen molar-refractivity contribution in [3.8, 4) is 5.75 Å². The Bertz CT molecular complexity index is 859. The molecule has 0 aliphatic rings. The SMILES string of the molecule is C=CCCC(Nc1cc(C)nc2c(OC)cccc12)c1ccccc1. The number of hydrogen-bond acceptors (Lipinski definition) is 3. The second kappa shape index (κ2) is 7.84. The molecule has 3 aromatic rings. The average molecular weight is 332 g/mol. The molecule has 1 atom stereocenters. The van der Waals surface area contributed by atoms with Crippen LogP contribution in [0.3, 0.4) is 0 Å². The van der Waals surface area contributed by atoms with Gasteiger partial charge >= 0.3 is 0 Å². The number of aryl methyl sites for hydroxylation is 1. The van der Waals surface area contributed by atoms with E-state index in [1.54, 1.807) is 7.11 Å². The molecule has 0 bridgehead atoms. The summed E-state index contributed by atoms with van der Waals surface area (Å²) in [5.74, 6) is 0.798. The molecule has 0 aliphatic carbocycles. The Morgan fingerprint density at radius 2 is 1.96 bits per heavy atom. The maximum Gasteiger partial charge on any atom is 0.145 e. The second-order valence-corrected chi connectivity index (χ2v) is 6.14. The fourth-order valence-corrected chi connectivity index (χ4v) is 3.11. The number of nitrogens with one attached hydrogen (secondary N) is 1. The number of aromatic nitrogens is 1. The maximum atomic E-state index is 5.49. The zero-order chi connectivity index (χ0) is 17.6. The lowest BCUT2D eigenvalue weighted by Crippen LogP contribution is -2.11. The zero-order valence-electron chi connectivity index (χ0n) is 14.8. The minimum absolute atomic E-state index is 0.218. The highest BCUT2D eigenvalue weighted by Gasteiger charge is 2.14. The molecule has 0 spiro atoms. The van der Waals surface area contributed by atoms with Gasteiger partial charge in [-0.15, -0.1) is 6.58 Å². The summed E-state index contributed by atoms with van der Waals surface area (Å²) in [6.45, 7) is 5.88. The fourth-order valence-electron chi connectivity index (χ4n) is 3.11. The van der Waals surface area contributed by atoms with Gasteiger partial charge in [-0.25, -0.2) is 4.98 Å². The summed E-state index contributed by atoms with van der Waals surface area (Å²) in [5, 5.41) is 4.80. The lowest BCUT2D eigenvalue weighted by molar-refractivity contribution is 0.419. The van der Waals surface area contributed by atoms with E-state index in [-0.39, 0.29) is 6.04 Å². The van der Waals surface area contributed by atoms with Crippen LogP contribution in [0, 0.1) is 6.92 Å². The fraction of sp³-hybridized carbons (Fsp3) is 0.227. The van der Waals surface area contributed by atoms with Gasteiger partial charge in [0.15, 0.2) is 0 Å². The van der Waals surface area contributed by atoms with E-state index in [4.69, 9.17) is 4.74 Å². The number of hydrogen-bond donors (Lipinski definition) is 1. The number of allylic oxidation sites excluding steroid dienone is 1. The number of benzene rings is 2. The first-order chi connectivity index (χ1) is 12.2. The van der Waals surface area contributed by atoms with Crippen LogP contribution in [0.1, 0.15) is 30.1 Å². The van der Waals surface area contributed by atoms with Crippen LogP contribution < -0.4 is 10.1 Å². The third kappa shape index (κ3) is 3.82. The van der Waals surface area contributed by atoms with Gasteiger partial charge in [-0.2, -0.15) is 0 Å². The molecule has 3 rings (SSSR count). The molecule has 128 valence electrons. The van der Waals surface area contributed by atoms with Gasteiger partial charge in [-0.1, -0.05) is 48.5 Å². The molecule has 2 aromatic carbocycles. The number of rotatable bonds is 7. The quantitative estimate of drug-likeness (QED) is 0.566. The number of pyridine rings is 1. The van der Waals surface area contributed by atoms with Crippen LogP contribution in [-0.4, -0.2) is 12.1 Å². The molecule has 3 nitrogen and oxygen atoms in total. The molecule has 1 aromatic heterocycles. The van der Waals surface area contributed by atoms with E-state index in [1.807, 2.05) is 31.2 Å². The highest BCUT2D eigenvalue weighted by atomic mass is 16.5. The first kappa shape index (κ1) is 17.0. The van der Waals surface area contributed by atoms with Crippen molar-refractivity contribution in [2.75, 3.05) is 12.4 Å². The molecule has 0 saturated carbocycles. The number of methoxy groups -OCH3 is 1. The molecule has 1 unspecified atom stereocenters. The second-order valence-electron chi connectivity index (χ2n) is 6.14. The van der Waals surface area contributed by atoms with E-state index in [1.165, 1.54) is 5.56 Å². The van der Waals surface area contributed by atoms with Gasteiger partial charge in [-0.3, -0.25) is 0 Å². The maximum absolute atomic E-state index is 5.49. The Morgan fingerprint density at radius 1 is 1.16 bits per heavy atom. The number of para-hydroxylation sites is 1. The Hall–Kier alpha value is -2.81. The van der Waals surface area contributed by atoms with Crippen molar-refractivity contribution in [2.24, 2.45) is 0 Å². The first-order valence-electron chi connectivity index (χ1n) is 8.59. The molecular weight excluding hydrogens is 308 g/mol. The lowest BCUT2D eigenvalue weighted by Gasteiger charge is -2.22. The van der Waals surface area contributed by atoms with Crippen molar-refractivity contribution in [3.05, 3.63) is 78.5 Å². The van der Waals surface area contributed by atoms with Crippen LogP contribution in [0.15, 0.2) is 67.3 Å². The van der Waals surface area contributed by atoms with Gasteiger partial charge in [0, 0.05) is 16.8 Å². The minimum Gasteiger partial charge on any atom is -0.494 e. The van der Waals surface area contributed by atoms with Crippen LogP contribution in [0.25, 0.3) is 10.9 Å². The third-order valence-electron chi connectivity index (χ3n) is 4.34. The van der Waals surface area contributed by atoms with E-state index in [0.717, 1.165) is 40.9 Å². The Labute approximate surface area is 149 Å². The van der Waals surface area contributed by atoms with Gasteiger partial charge in [0.05, 0.1) is 13.2 Å². The highest BCUT2D eigenvalue weighted by Crippen LogP contribution is 2.33. The molecule has 25 heavy (non-hydrogen) atoms. The van der Waals surface area contributed by atoms with Crippen molar-refractivity contribution >= 4 is 16.6 Å². The Morgan fingerprint density at radius 3 is 2.68 bits per heavy atom. The molecule has 0 amide bonds. The number of anilines is 1. The zero-order valence-corrected chi connectivity index (χ0v) is 14.8. The predicted molar refractivity (Wildman–Crippen MR) is 105 cm³/mol. The van der Waals surface area contributed by atoms with Crippen molar-refractivity contribution < 1.29 is 4.74 Å². The number of nitrogens with zero attached hydrogens (tertiary/aromatic N) is 1. The average Bonchev–Trinajstić information content (AvgIpc) is 2.65. The molecule has 1 N–H and O–H groups in total. The van der Waals surface area contributed by atoms with Crippen LogP contribution in [-0.2, 0) is 0 Å². The van der Waals surface area contributed by atoms with Crippen molar-refractivity contribution in [2.45, 2.75) is 25.8 Å². The molecular formula is C22H24N2O. The standard InChI is InChI=1S/C22H24N2O/c1-4-5-13-19(17-10-7-6-8-11-17)24-20-15-16(2)23-22-18(20)12-9-14-21(22)25-3/h4,6-12,14-15,19H,1,5,13H2,2-3H3,(H,23,24). The summed E-state index contributed by atoms with van der Waals surface area (Å²) in [6, 6.07) is 18.9. The summed E-state index contributed by atoms with van der Waals surface area (Å²) >= 11 is 0. The van der Waals surface area contributed by atoms with Gasteiger partial charge < -0.3 is 10.1 Å². The van der Waals surface area contributed by atoms with Crippen molar-refractivity contribution in [3.63, 3.8) is 0 Å². The monoisotopic (exact) mass is 332 g/mol. The number of ether oxygens (including phenoxy) is 1. The Kier molecular flexibility index (Phi) is 5.34. The van der Waals surface area contributed by atoms with Crippen molar-refractivity contribution in [1.82, 2.24) is 4.98 Å². The van der Waals surface area contributed by atoms with E-state index >= 15 is 0 Å². The van der Waals surface area contributed by atoms with Gasteiger partial charge in [0.1, 0.15) is 11.3 Å². The predicted octanol–water partition coefficient (Wildman–Crippen LogP) is 5.67. The molecule has 0 aliphatic heterocycles. The van der Waals surface area contributed by atoms with E-state index in [9.17, 15) is 0 Å². The lowest BCUT2D eigenvalue weighted by atomic mass is 10.0. The highest BCUT2D eigenvalue weighted by molar-refractivity contribution is 5.95. The molecule has 0 saturated heterocycles. The summed E-state index contributed by atoms with van der Waals surface area (Å²) in [5.41, 5.74) is 4.22. The summed E-state index contributed by atoms with van der Waals surface area (Å²) in [4.78, 5) is 4.67. The molecule has 0 radical (unpaired) electrons. The summed E-state index contributed by atoms with van der Waals surface area (Å²) in [6.07, 6.45) is 3.91. The third-order valence-corrected chi connectivity index (χ3v) is 4.34. The van der Waals surface area contributed by atoms with Crippen molar-refractivity contribution in [1.29, 1.82) is 0 Å². The summed E-state index contributed by atoms with van der Waals surface area (Å²) in [7, 11) is 1.68. The smallest absolute Gasteiger partial charge is 0.145 e. The molecule has 0 fully saturated rings. The molecule has 3 heteroatoms. The van der Waals surface area contributed by atoms with Crippen LogP contribution >= 0.6 is 0 Å². The minimum atomic E-state index is 0.218. The van der Waals surface area contributed by atoms with Crippen LogP contribution in [0.4, 0.5) is 5.69 Å². The number of fused-ring (bicyclic) bond motifs is 1. The topological polar surface area (TPSA) is 34.2 Å². The van der Waals surface area contributed by atoms with Crippen LogP contribution in [0.2, 0.25) is 0 Å². The van der Waals surface area contributed by atoms with Crippen LogP contribution in [0.5, 0.6) is 5.75 Å². The van der Waals surface area contributed by atoms with E-state index < -0.39 is 0 Å². The Balaban J connectivity index is 2.03. The van der Waals surface area contributed by atoms with E-state index in [0.29, 0.717) is 0 Å². The van der Waals surface area contributed by atoms with Gasteiger partial charge in [-0.05, 0) is 37.5 Å². The van der Waals surface area contributed by atoms with Gasteiger partial charge in [0.25, 0.3) is 0 Å². The van der Waals surface area contributed by atoms with E-state index in [2.05, 4.69) is 53.3 Å².